The number of aromatic nitrogens is 1. The zero-order chi connectivity index (χ0) is 13.2. The van der Waals surface area contributed by atoms with E-state index in [0.29, 0.717) is 18.2 Å². The van der Waals surface area contributed by atoms with Crippen molar-refractivity contribution >= 4 is 0 Å². The summed E-state index contributed by atoms with van der Waals surface area (Å²) in [6.45, 7) is 7.52. The van der Waals surface area contributed by atoms with Crippen LogP contribution in [0, 0.1) is 12.8 Å². The van der Waals surface area contributed by atoms with Crippen molar-refractivity contribution in [3.63, 3.8) is 0 Å². The van der Waals surface area contributed by atoms with Crippen LogP contribution in [0.2, 0.25) is 0 Å². The average molecular weight is 238 g/mol. The molecule has 0 saturated carbocycles. The molecule has 17 heavy (non-hydrogen) atoms. The first-order valence-electron chi connectivity index (χ1n) is 5.90. The van der Waals surface area contributed by atoms with Gasteiger partial charge in [0.1, 0.15) is 0 Å². The van der Waals surface area contributed by atoms with E-state index in [1.165, 1.54) is 6.07 Å². The molecule has 1 aromatic rings. The molecule has 1 N–H and O–H groups in total. The molecule has 4 heteroatoms. The Bertz CT molecular complexity index is 447. The van der Waals surface area contributed by atoms with Crippen LogP contribution < -0.4 is 5.43 Å². The highest BCUT2D eigenvalue weighted by atomic mass is 16.3. The van der Waals surface area contributed by atoms with Gasteiger partial charge in [0.25, 0.3) is 0 Å². The fraction of sp³-hybridized carbons (Fsp3) is 0.615. The lowest BCUT2D eigenvalue weighted by Crippen LogP contribution is -2.23. The van der Waals surface area contributed by atoms with Gasteiger partial charge in [0.05, 0.1) is 5.69 Å². The highest BCUT2D eigenvalue weighted by Gasteiger charge is 2.14. The highest BCUT2D eigenvalue weighted by molar-refractivity contribution is 5.29. The fourth-order valence-corrected chi connectivity index (χ4v) is 1.90. The normalized spacial score (nSPS) is 11.5. The number of nitrogens with zero attached hydrogens (tertiary/aromatic N) is 2. The van der Waals surface area contributed by atoms with Gasteiger partial charge in [-0.1, -0.05) is 13.8 Å². The van der Waals surface area contributed by atoms with E-state index in [0.717, 1.165) is 12.2 Å². The van der Waals surface area contributed by atoms with E-state index < -0.39 is 0 Å². The highest BCUT2D eigenvalue weighted by Crippen LogP contribution is 2.17. The van der Waals surface area contributed by atoms with Crippen LogP contribution in [0.5, 0.6) is 5.75 Å². The van der Waals surface area contributed by atoms with E-state index in [9.17, 15) is 9.90 Å². The summed E-state index contributed by atoms with van der Waals surface area (Å²) in [4.78, 5) is 13.5. The van der Waals surface area contributed by atoms with Gasteiger partial charge in [-0.15, -0.1) is 0 Å². The topological polar surface area (TPSA) is 45.5 Å². The molecular formula is C13H22N2O2. The summed E-state index contributed by atoms with van der Waals surface area (Å²) >= 11 is 0. The third-order valence-corrected chi connectivity index (χ3v) is 2.61. The van der Waals surface area contributed by atoms with Crippen LogP contribution in [-0.2, 0) is 13.1 Å². The quantitative estimate of drug-likeness (QED) is 0.866. The molecule has 0 aliphatic carbocycles. The van der Waals surface area contributed by atoms with Gasteiger partial charge in [-0.25, -0.2) is 0 Å². The monoisotopic (exact) mass is 238 g/mol. The largest absolute Gasteiger partial charge is 0.503 e. The Morgan fingerprint density at radius 1 is 1.41 bits per heavy atom. The summed E-state index contributed by atoms with van der Waals surface area (Å²) in [5.41, 5.74) is 1.31. The number of aryl methyl sites for hydroxylation is 1. The number of pyridine rings is 1. The predicted octanol–water partition coefficient (Wildman–Crippen LogP) is 1.58. The number of aromatic hydroxyl groups is 1. The average Bonchev–Trinajstić information content (AvgIpc) is 2.19. The first-order chi connectivity index (χ1) is 7.82. The second kappa shape index (κ2) is 5.36. The molecule has 0 aliphatic heterocycles. The molecule has 0 saturated heterocycles. The van der Waals surface area contributed by atoms with E-state index in [1.54, 1.807) is 0 Å². The van der Waals surface area contributed by atoms with Crippen molar-refractivity contribution in [2.45, 2.75) is 33.9 Å². The maximum absolute atomic E-state index is 11.6. The van der Waals surface area contributed by atoms with Crippen LogP contribution in [0.25, 0.3) is 0 Å². The Hall–Kier alpha value is -1.29. The van der Waals surface area contributed by atoms with Crippen LogP contribution in [0.4, 0.5) is 0 Å². The third kappa shape index (κ3) is 3.33. The fourth-order valence-electron chi connectivity index (χ4n) is 1.90. The van der Waals surface area contributed by atoms with Gasteiger partial charge in [-0.05, 0) is 26.9 Å². The molecule has 96 valence electrons. The summed E-state index contributed by atoms with van der Waals surface area (Å²) in [5, 5.41) is 9.90. The predicted molar refractivity (Wildman–Crippen MR) is 69.3 cm³/mol. The van der Waals surface area contributed by atoms with Gasteiger partial charge in [-0.3, -0.25) is 4.79 Å². The van der Waals surface area contributed by atoms with Gasteiger partial charge >= 0.3 is 0 Å². The zero-order valence-electron chi connectivity index (χ0n) is 11.3. The third-order valence-electron chi connectivity index (χ3n) is 2.61. The summed E-state index contributed by atoms with van der Waals surface area (Å²) < 4.78 is 2.03. The minimum Gasteiger partial charge on any atom is -0.503 e. The summed E-state index contributed by atoms with van der Waals surface area (Å²) in [5.74, 6) is 0.349. The van der Waals surface area contributed by atoms with E-state index in [-0.39, 0.29) is 11.2 Å². The van der Waals surface area contributed by atoms with Gasteiger partial charge in [0, 0.05) is 24.8 Å². The van der Waals surface area contributed by atoms with Crippen LogP contribution in [0.15, 0.2) is 10.9 Å². The van der Waals surface area contributed by atoms with Crippen LogP contribution in [0.1, 0.15) is 25.2 Å². The molecule has 1 rings (SSSR count). The van der Waals surface area contributed by atoms with Crippen LogP contribution in [0.3, 0.4) is 0 Å². The molecule has 0 aliphatic rings. The Kier molecular flexibility index (Phi) is 4.34. The van der Waals surface area contributed by atoms with Crippen molar-refractivity contribution in [1.29, 1.82) is 0 Å². The minimum absolute atomic E-state index is 0.120. The smallest absolute Gasteiger partial charge is 0.223 e. The molecule has 0 radical (unpaired) electrons. The van der Waals surface area contributed by atoms with E-state index in [2.05, 4.69) is 13.8 Å². The van der Waals surface area contributed by atoms with Crippen molar-refractivity contribution in [2.24, 2.45) is 5.92 Å². The number of hydrogen-bond donors (Lipinski definition) is 1. The van der Waals surface area contributed by atoms with Crippen molar-refractivity contribution < 1.29 is 5.11 Å². The van der Waals surface area contributed by atoms with Crippen LogP contribution in [-0.4, -0.2) is 28.7 Å². The Labute approximate surface area is 102 Å². The maximum Gasteiger partial charge on any atom is 0.223 e. The molecule has 0 unspecified atom stereocenters. The van der Waals surface area contributed by atoms with E-state index >= 15 is 0 Å². The van der Waals surface area contributed by atoms with Gasteiger partial charge in [0.15, 0.2) is 5.75 Å². The van der Waals surface area contributed by atoms with Crippen LogP contribution >= 0.6 is 0 Å². The molecule has 0 spiro atoms. The SMILES string of the molecule is Cc1cc(=O)c(O)c(CN(C)C)n1CC(C)C. The lowest BCUT2D eigenvalue weighted by Gasteiger charge is -2.21. The van der Waals surface area contributed by atoms with Gasteiger partial charge in [-0.2, -0.15) is 0 Å². The van der Waals surface area contributed by atoms with Crippen molar-refractivity contribution in [1.82, 2.24) is 9.47 Å². The van der Waals surface area contributed by atoms with Crippen molar-refractivity contribution in [3.05, 3.63) is 27.7 Å². The molecular weight excluding hydrogens is 216 g/mol. The Morgan fingerprint density at radius 2 is 2.00 bits per heavy atom. The Morgan fingerprint density at radius 3 is 2.47 bits per heavy atom. The summed E-state index contributed by atoms with van der Waals surface area (Å²) in [7, 11) is 3.85. The first kappa shape index (κ1) is 13.8. The molecule has 0 aromatic carbocycles. The summed E-state index contributed by atoms with van der Waals surface area (Å²) in [6.07, 6.45) is 0. The minimum atomic E-state index is -0.292. The zero-order valence-corrected chi connectivity index (χ0v) is 11.3. The standard InChI is InChI=1S/C13H22N2O2/c1-9(2)7-15-10(3)6-12(16)13(17)11(15)8-14(4)5/h6,9,17H,7-8H2,1-5H3. The number of rotatable bonds is 4. The molecule has 0 fully saturated rings. The molecule has 0 bridgehead atoms. The lowest BCUT2D eigenvalue weighted by atomic mass is 10.1. The molecule has 0 amide bonds. The van der Waals surface area contributed by atoms with Crippen molar-refractivity contribution in [3.8, 4) is 5.75 Å². The summed E-state index contributed by atoms with van der Waals surface area (Å²) in [6, 6.07) is 1.50. The van der Waals surface area contributed by atoms with E-state index in [4.69, 9.17) is 0 Å². The molecule has 0 atom stereocenters. The molecule has 4 nitrogen and oxygen atoms in total. The second-order valence-corrected chi connectivity index (χ2v) is 5.19. The number of hydrogen-bond acceptors (Lipinski definition) is 3. The van der Waals surface area contributed by atoms with Crippen molar-refractivity contribution in [2.75, 3.05) is 14.1 Å². The molecule has 1 heterocycles. The van der Waals surface area contributed by atoms with Gasteiger partial charge < -0.3 is 14.6 Å². The second-order valence-electron chi connectivity index (χ2n) is 5.19. The van der Waals surface area contributed by atoms with Gasteiger partial charge in [0.2, 0.25) is 5.43 Å². The Balaban J connectivity index is 3.33. The first-order valence-corrected chi connectivity index (χ1v) is 5.90. The molecule has 1 aromatic heterocycles. The van der Waals surface area contributed by atoms with E-state index in [1.807, 2.05) is 30.5 Å². The maximum atomic E-state index is 11.6. The lowest BCUT2D eigenvalue weighted by molar-refractivity contribution is 0.354.